The number of rotatable bonds is 5. The van der Waals surface area contributed by atoms with Crippen molar-refractivity contribution in [2.75, 3.05) is 17.4 Å². The number of ether oxygens (including phenoxy) is 2. The summed E-state index contributed by atoms with van der Waals surface area (Å²) in [6, 6.07) is 15.7. The summed E-state index contributed by atoms with van der Waals surface area (Å²) >= 11 is 0. The summed E-state index contributed by atoms with van der Waals surface area (Å²) in [5.41, 5.74) is 2.90. The molecule has 0 spiro atoms. The van der Waals surface area contributed by atoms with Gasteiger partial charge < -0.3 is 20.1 Å². The van der Waals surface area contributed by atoms with Gasteiger partial charge in [-0.05, 0) is 43.3 Å². The van der Waals surface area contributed by atoms with Gasteiger partial charge in [-0.3, -0.25) is 9.59 Å². The van der Waals surface area contributed by atoms with Gasteiger partial charge in [0.2, 0.25) is 6.79 Å². The number of carbonyl (C=O) groups excluding carboxylic acids is 2. The zero-order chi connectivity index (χ0) is 19.5. The van der Waals surface area contributed by atoms with E-state index in [-0.39, 0.29) is 24.2 Å². The van der Waals surface area contributed by atoms with Gasteiger partial charge in [0.15, 0.2) is 17.3 Å². The number of nitrogens with zero attached hydrogens (tertiary/aromatic N) is 1. The number of hydrogen-bond donors (Lipinski definition) is 2. The van der Waals surface area contributed by atoms with E-state index in [4.69, 9.17) is 9.47 Å². The molecule has 1 aromatic heterocycles. The molecule has 1 amide bonds. The van der Waals surface area contributed by atoms with Gasteiger partial charge in [0.05, 0.1) is 11.9 Å². The fraction of sp³-hybridized carbons (Fsp3) is 0.0952. The van der Waals surface area contributed by atoms with Crippen LogP contribution in [0.4, 0.5) is 17.1 Å². The quantitative estimate of drug-likeness (QED) is 0.655. The Balaban J connectivity index is 1.43. The number of nitrogens with one attached hydrogen (secondary N) is 2. The normalized spacial score (nSPS) is 11.8. The van der Waals surface area contributed by atoms with Crippen LogP contribution in [0.25, 0.3) is 0 Å². The lowest BCUT2D eigenvalue weighted by atomic mass is 10.1. The molecule has 0 atom stereocenters. The maximum atomic E-state index is 12.4. The van der Waals surface area contributed by atoms with E-state index in [9.17, 15) is 9.59 Å². The first-order valence-corrected chi connectivity index (χ1v) is 8.63. The van der Waals surface area contributed by atoms with Crippen molar-refractivity contribution in [1.82, 2.24) is 4.98 Å². The molecule has 0 unspecified atom stereocenters. The number of Topliss-reactive ketones (excluding diaryl/α,β-unsaturated/α-hetero) is 1. The van der Waals surface area contributed by atoms with Crippen LogP contribution in [0.15, 0.2) is 60.8 Å². The average Bonchev–Trinajstić information content (AvgIpc) is 3.16. The molecule has 0 radical (unpaired) electrons. The van der Waals surface area contributed by atoms with Gasteiger partial charge >= 0.3 is 0 Å². The minimum absolute atomic E-state index is 0.0619. The first-order valence-electron chi connectivity index (χ1n) is 8.63. The highest BCUT2D eigenvalue weighted by Gasteiger charge is 2.13. The van der Waals surface area contributed by atoms with E-state index in [1.54, 1.807) is 42.6 Å². The van der Waals surface area contributed by atoms with Gasteiger partial charge in [-0.15, -0.1) is 0 Å². The molecule has 2 heterocycles. The Morgan fingerprint density at radius 3 is 2.54 bits per heavy atom. The van der Waals surface area contributed by atoms with Crippen molar-refractivity contribution in [3.8, 4) is 11.5 Å². The molecule has 0 saturated heterocycles. The second-order valence-corrected chi connectivity index (χ2v) is 6.22. The summed E-state index contributed by atoms with van der Waals surface area (Å²) in [6.07, 6.45) is 1.57. The Morgan fingerprint density at radius 2 is 1.75 bits per heavy atom. The standard InChI is InChI=1S/C21H17N3O4/c1-13(25)14-3-2-4-15(9-14)24-21(26)18-7-5-17(11-22-18)23-16-6-8-19-20(10-16)28-12-27-19/h2-11,23H,12H2,1H3,(H,24,26). The van der Waals surface area contributed by atoms with Crippen LogP contribution in [0.3, 0.4) is 0 Å². The number of amides is 1. The molecule has 0 aliphatic carbocycles. The van der Waals surface area contributed by atoms with Crippen LogP contribution in [0.1, 0.15) is 27.8 Å². The summed E-state index contributed by atoms with van der Waals surface area (Å²) in [6.45, 7) is 1.70. The van der Waals surface area contributed by atoms with E-state index in [0.717, 1.165) is 11.4 Å². The van der Waals surface area contributed by atoms with Crippen LogP contribution in [0.2, 0.25) is 0 Å². The molecule has 1 aliphatic heterocycles. The van der Waals surface area contributed by atoms with E-state index >= 15 is 0 Å². The number of hydrogen-bond acceptors (Lipinski definition) is 6. The topological polar surface area (TPSA) is 89.6 Å². The lowest BCUT2D eigenvalue weighted by Crippen LogP contribution is -2.14. The highest BCUT2D eigenvalue weighted by molar-refractivity contribution is 6.04. The summed E-state index contributed by atoms with van der Waals surface area (Å²) in [5.74, 6) is 0.981. The first kappa shape index (κ1) is 17.5. The highest BCUT2D eigenvalue weighted by Crippen LogP contribution is 2.35. The van der Waals surface area contributed by atoms with Gasteiger partial charge in [-0.2, -0.15) is 0 Å². The molecule has 2 N–H and O–H groups in total. The third-order valence-corrected chi connectivity index (χ3v) is 4.18. The predicted molar refractivity (Wildman–Crippen MR) is 104 cm³/mol. The van der Waals surface area contributed by atoms with Crippen LogP contribution in [0, 0.1) is 0 Å². The van der Waals surface area contributed by atoms with Crippen molar-refractivity contribution < 1.29 is 19.1 Å². The summed E-state index contributed by atoms with van der Waals surface area (Å²) in [5, 5.41) is 5.95. The van der Waals surface area contributed by atoms with Crippen molar-refractivity contribution in [1.29, 1.82) is 0 Å². The molecule has 1 aliphatic rings. The largest absolute Gasteiger partial charge is 0.454 e. The van der Waals surface area contributed by atoms with Crippen LogP contribution in [-0.2, 0) is 0 Å². The fourth-order valence-corrected chi connectivity index (χ4v) is 2.75. The molecule has 7 nitrogen and oxygen atoms in total. The van der Waals surface area contributed by atoms with E-state index in [0.29, 0.717) is 22.7 Å². The predicted octanol–water partition coefficient (Wildman–Crippen LogP) is 4.01. The fourth-order valence-electron chi connectivity index (χ4n) is 2.75. The molecule has 3 aromatic rings. The molecule has 4 rings (SSSR count). The molecular formula is C21H17N3O4. The summed E-state index contributed by atoms with van der Waals surface area (Å²) in [7, 11) is 0. The highest BCUT2D eigenvalue weighted by atomic mass is 16.7. The van der Waals surface area contributed by atoms with E-state index in [2.05, 4.69) is 15.6 Å². The summed E-state index contributed by atoms with van der Waals surface area (Å²) < 4.78 is 10.6. The van der Waals surface area contributed by atoms with Crippen LogP contribution in [0.5, 0.6) is 11.5 Å². The lowest BCUT2D eigenvalue weighted by molar-refractivity contribution is 0.100. The van der Waals surface area contributed by atoms with Gasteiger partial charge in [-0.1, -0.05) is 12.1 Å². The Bertz CT molecular complexity index is 1050. The van der Waals surface area contributed by atoms with E-state index in [1.807, 2.05) is 18.2 Å². The molecule has 0 fully saturated rings. The third-order valence-electron chi connectivity index (χ3n) is 4.18. The Hall–Kier alpha value is -3.87. The van der Waals surface area contributed by atoms with Crippen LogP contribution < -0.4 is 20.1 Å². The third kappa shape index (κ3) is 3.78. The minimum atomic E-state index is -0.352. The number of benzene rings is 2. The molecule has 0 bridgehead atoms. The Kier molecular flexibility index (Phi) is 4.63. The number of carbonyl (C=O) groups is 2. The molecule has 7 heteroatoms. The van der Waals surface area contributed by atoms with Crippen molar-refractivity contribution in [3.63, 3.8) is 0 Å². The van der Waals surface area contributed by atoms with Crippen molar-refractivity contribution in [2.45, 2.75) is 6.92 Å². The van der Waals surface area contributed by atoms with Crippen LogP contribution >= 0.6 is 0 Å². The molecular weight excluding hydrogens is 358 g/mol. The summed E-state index contributed by atoms with van der Waals surface area (Å²) in [4.78, 5) is 28.0. The van der Waals surface area contributed by atoms with Gasteiger partial charge in [0.1, 0.15) is 5.69 Å². The smallest absolute Gasteiger partial charge is 0.274 e. The second kappa shape index (κ2) is 7.40. The Labute approximate surface area is 161 Å². The second-order valence-electron chi connectivity index (χ2n) is 6.22. The number of pyridine rings is 1. The monoisotopic (exact) mass is 375 g/mol. The van der Waals surface area contributed by atoms with Crippen molar-refractivity contribution in [2.24, 2.45) is 0 Å². The number of fused-ring (bicyclic) bond motifs is 1. The SMILES string of the molecule is CC(=O)c1cccc(NC(=O)c2ccc(Nc3ccc4c(c3)OCO4)cn2)c1. The van der Waals surface area contributed by atoms with Crippen molar-refractivity contribution in [3.05, 3.63) is 72.1 Å². The maximum absolute atomic E-state index is 12.4. The molecule has 28 heavy (non-hydrogen) atoms. The first-order chi connectivity index (χ1) is 13.6. The van der Waals surface area contributed by atoms with Gasteiger partial charge in [-0.25, -0.2) is 4.98 Å². The molecule has 140 valence electrons. The Morgan fingerprint density at radius 1 is 0.929 bits per heavy atom. The van der Waals surface area contributed by atoms with Crippen LogP contribution in [-0.4, -0.2) is 23.5 Å². The van der Waals surface area contributed by atoms with E-state index in [1.165, 1.54) is 6.92 Å². The number of aromatic nitrogens is 1. The molecule has 0 saturated carbocycles. The minimum Gasteiger partial charge on any atom is -0.454 e. The zero-order valence-electron chi connectivity index (χ0n) is 15.1. The van der Waals surface area contributed by atoms with E-state index < -0.39 is 0 Å². The number of anilines is 3. The van der Waals surface area contributed by atoms with Gasteiger partial charge in [0, 0.05) is 23.0 Å². The lowest BCUT2D eigenvalue weighted by Gasteiger charge is -2.09. The molecule has 2 aromatic carbocycles. The van der Waals surface area contributed by atoms with Crippen molar-refractivity contribution >= 4 is 28.8 Å². The number of ketones is 1. The average molecular weight is 375 g/mol. The van der Waals surface area contributed by atoms with Gasteiger partial charge in [0.25, 0.3) is 5.91 Å². The maximum Gasteiger partial charge on any atom is 0.274 e. The zero-order valence-corrected chi connectivity index (χ0v) is 15.1.